The Kier molecular flexibility index (Phi) is 15.5. The number of benzene rings is 5. The number of nitrogens with one attached hydrogen (secondary N) is 1. The number of aliphatic imine (C=N–C) groups is 1. The zero-order valence-corrected chi connectivity index (χ0v) is 33.6. The maximum absolute atomic E-state index is 12.9. The Morgan fingerprint density at radius 1 is 0.732 bits per heavy atom. The van der Waals surface area contributed by atoms with Crippen molar-refractivity contribution in [2.75, 3.05) is 25.7 Å². The lowest BCUT2D eigenvalue weighted by molar-refractivity contribution is -0.144. The molecule has 9 heteroatoms. The third-order valence-electron chi connectivity index (χ3n) is 8.88. The molecule has 0 aromatic heterocycles. The van der Waals surface area contributed by atoms with Gasteiger partial charge in [0.1, 0.15) is 6.04 Å². The van der Waals surface area contributed by atoms with Crippen LogP contribution in [-0.4, -0.2) is 60.7 Å². The largest absolute Gasteiger partial charge is 0.467 e. The standard InChI is InChI=1S/C33H31NO3S.C14H15NO2S/c1-25-13-12-14-26(23-25)21-22-31(35)34-30(32(36)37-2)24-38-33(27-15-6-3-7-16-27,28-17-8-4-9-18-28)29-19-10-5-11-20-29;1-10-4-3-5-11(8-10)6-7-13-15-12(9-18-13)14(16)17-2/h3-23,30H,24H2,1-2H3,(H,34,35);3-8,12H,9H2,1-2H3/b22-21+;7-6+/t30-;12-/m11/s1. The molecule has 5 aromatic rings. The number of aryl methyl sites for hydroxylation is 2. The number of hydrogen-bond donors (Lipinski definition) is 1. The molecule has 2 atom stereocenters. The lowest BCUT2D eigenvalue weighted by atomic mass is 9.84. The van der Waals surface area contributed by atoms with Crippen molar-refractivity contribution in [2.24, 2.45) is 4.99 Å². The number of carbonyl (C=O) groups excluding carboxylic acids is 3. The second kappa shape index (κ2) is 20.9. The minimum atomic E-state index is -0.838. The highest BCUT2D eigenvalue weighted by molar-refractivity contribution is 8.14. The molecule has 0 spiro atoms. The summed E-state index contributed by atoms with van der Waals surface area (Å²) in [6.07, 6.45) is 7.15. The van der Waals surface area contributed by atoms with E-state index in [0.29, 0.717) is 11.5 Å². The number of carbonyl (C=O) groups is 3. The van der Waals surface area contributed by atoms with Gasteiger partial charge in [-0.05, 0) is 53.8 Å². The predicted molar refractivity (Wildman–Crippen MR) is 232 cm³/mol. The topological polar surface area (TPSA) is 94.1 Å². The molecule has 0 saturated carbocycles. The Morgan fingerprint density at radius 3 is 1.73 bits per heavy atom. The fraction of sp³-hybridized carbons (Fsp3) is 0.191. The van der Waals surface area contributed by atoms with Crippen molar-refractivity contribution in [1.29, 1.82) is 0 Å². The van der Waals surface area contributed by atoms with E-state index in [1.54, 1.807) is 29.6 Å². The highest BCUT2D eigenvalue weighted by Gasteiger charge is 2.38. The Balaban J connectivity index is 0.000000278. The zero-order valence-electron chi connectivity index (χ0n) is 32.0. The van der Waals surface area contributed by atoms with Crippen molar-refractivity contribution in [3.05, 3.63) is 191 Å². The summed E-state index contributed by atoms with van der Waals surface area (Å²) in [6.45, 7) is 4.06. The molecule has 1 aliphatic rings. The number of thioether (sulfide) groups is 2. The van der Waals surface area contributed by atoms with Gasteiger partial charge in [-0.25, -0.2) is 9.59 Å². The van der Waals surface area contributed by atoms with Crippen molar-refractivity contribution < 1.29 is 23.9 Å². The van der Waals surface area contributed by atoms with E-state index in [2.05, 4.69) is 70.5 Å². The van der Waals surface area contributed by atoms with Crippen LogP contribution in [0.1, 0.15) is 38.9 Å². The van der Waals surface area contributed by atoms with Crippen LogP contribution in [0.4, 0.5) is 0 Å². The lowest BCUT2D eigenvalue weighted by Gasteiger charge is -2.36. The third-order valence-corrected chi connectivity index (χ3v) is 11.5. The Bertz CT molecular complexity index is 2060. The van der Waals surface area contributed by atoms with Crippen LogP contribution in [0, 0.1) is 13.8 Å². The average Bonchev–Trinajstić information content (AvgIpc) is 3.72. The molecule has 1 heterocycles. The maximum Gasteiger partial charge on any atom is 0.331 e. The minimum absolute atomic E-state index is 0.263. The van der Waals surface area contributed by atoms with Crippen LogP contribution in [0.25, 0.3) is 12.2 Å². The van der Waals surface area contributed by atoms with Crippen LogP contribution in [0.5, 0.6) is 0 Å². The van der Waals surface area contributed by atoms with Gasteiger partial charge in [0.15, 0.2) is 6.04 Å². The Labute approximate surface area is 338 Å². The first-order valence-corrected chi connectivity index (χ1v) is 20.2. The number of ether oxygens (including phenoxy) is 2. The second-order valence-electron chi connectivity index (χ2n) is 13.0. The van der Waals surface area contributed by atoms with Gasteiger partial charge in [0.05, 0.1) is 24.0 Å². The lowest BCUT2D eigenvalue weighted by Crippen LogP contribution is -2.43. The normalized spacial score (nSPS) is 14.4. The highest BCUT2D eigenvalue weighted by atomic mass is 32.2. The van der Waals surface area contributed by atoms with Crippen molar-refractivity contribution >= 4 is 58.6 Å². The third kappa shape index (κ3) is 11.4. The molecular weight excluding hydrogens is 737 g/mol. The van der Waals surface area contributed by atoms with Crippen molar-refractivity contribution in [3.8, 4) is 0 Å². The van der Waals surface area contributed by atoms with E-state index >= 15 is 0 Å². The van der Waals surface area contributed by atoms with E-state index in [4.69, 9.17) is 4.74 Å². The summed E-state index contributed by atoms with van der Waals surface area (Å²) >= 11 is 3.18. The van der Waals surface area contributed by atoms with E-state index in [0.717, 1.165) is 38.4 Å². The van der Waals surface area contributed by atoms with Crippen molar-refractivity contribution in [2.45, 2.75) is 30.7 Å². The Hall–Kier alpha value is -5.64. The predicted octanol–water partition coefficient (Wildman–Crippen LogP) is 9.09. The molecule has 1 N–H and O–H groups in total. The number of esters is 2. The van der Waals surface area contributed by atoms with Gasteiger partial charge >= 0.3 is 11.9 Å². The summed E-state index contributed by atoms with van der Waals surface area (Å²) in [5.74, 6) is -0.137. The van der Waals surface area contributed by atoms with Gasteiger partial charge in [-0.1, -0.05) is 157 Å². The van der Waals surface area contributed by atoms with Gasteiger partial charge in [0.25, 0.3) is 0 Å². The summed E-state index contributed by atoms with van der Waals surface area (Å²) in [7, 11) is 2.73. The van der Waals surface area contributed by atoms with Crippen LogP contribution in [-0.2, 0) is 28.6 Å². The summed E-state index contributed by atoms with van der Waals surface area (Å²) < 4.78 is 9.15. The van der Waals surface area contributed by atoms with Gasteiger partial charge in [-0.2, -0.15) is 0 Å². The summed E-state index contributed by atoms with van der Waals surface area (Å²) in [6, 6.07) is 45.6. The minimum Gasteiger partial charge on any atom is -0.467 e. The first kappa shape index (κ1) is 41.5. The van der Waals surface area contributed by atoms with E-state index < -0.39 is 16.8 Å². The van der Waals surface area contributed by atoms with Gasteiger partial charge in [0.2, 0.25) is 5.91 Å². The van der Waals surface area contributed by atoms with Crippen LogP contribution in [0.2, 0.25) is 0 Å². The van der Waals surface area contributed by atoms with Crippen molar-refractivity contribution in [1.82, 2.24) is 5.32 Å². The first-order valence-electron chi connectivity index (χ1n) is 18.2. The van der Waals surface area contributed by atoms with Crippen LogP contribution in [0.15, 0.2) is 157 Å². The monoisotopic (exact) mass is 782 g/mol. The van der Waals surface area contributed by atoms with Gasteiger partial charge in [0, 0.05) is 17.6 Å². The molecule has 1 amide bonds. The number of methoxy groups -OCH3 is 2. The molecule has 0 unspecified atom stereocenters. The number of nitrogens with zero attached hydrogens (tertiary/aromatic N) is 1. The molecule has 5 aromatic carbocycles. The smallest absolute Gasteiger partial charge is 0.331 e. The van der Waals surface area contributed by atoms with Gasteiger partial charge in [-0.3, -0.25) is 9.79 Å². The molecule has 286 valence electrons. The second-order valence-corrected chi connectivity index (χ2v) is 15.3. The molecule has 0 fully saturated rings. The van der Waals surface area contributed by atoms with E-state index in [1.165, 1.54) is 25.9 Å². The maximum atomic E-state index is 12.9. The molecule has 0 aliphatic carbocycles. The molecule has 0 saturated heterocycles. The van der Waals surface area contributed by atoms with Crippen LogP contribution < -0.4 is 5.32 Å². The first-order chi connectivity index (χ1) is 27.2. The highest BCUT2D eigenvalue weighted by Crippen LogP contribution is 2.48. The zero-order chi connectivity index (χ0) is 39.8. The number of rotatable bonds is 13. The fourth-order valence-corrected chi connectivity index (χ4v) is 8.58. The Morgan fingerprint density at radius 2 is 1.25 bits per heavy atom. The number of amides is 1. The average molecular weight is 783 g/mol. The van der Waals surface area contributed by atoms with Crippen molar-refractivity contribution in [3.63, 3.8) is 0 Å². The van der Waals surface area contributed by atoms with E-state index in [-0.39, 0.29) is 17.9 Å². The SMILES string of the molecule is COC(=O)[C@@H](CSC(c1ccccc1)(c1ccccc1)c1ccccc1)NC(=O)/C=C/c1cccc(C)c1.COC(=O)[C@H]1CSC(/C=C/c2cccc(C)c2)=N1. The summed E-state index contributed by atoms with van der Waals surface area (Å²) in [5, 5.41) is 3.74. The molecule has 56 heavy (non-hydrogen) atoms. The summed E-state index contributed by atoms with van der Waals surface area (Å²) in [5.41, 5.74) is 7.63. The van der Waals surface area contributed by atoms with E-state index in [1.807, 2.05) is 110 Å². The molecule has 0 bridgehead atoms. The van der Waals surface area contributed by atoms with Crippen LogP contribution >= 0.6 is 23.5 Å². The summed E-state index contributed by atoms with van der Waals surface area (Å²) in [4.78, 5) is 41.3. The molecule has 1 aliphatic heterocycles. The molecular formula is C47H46N2O5S2. The van der Waals surface area contributed by atoms with Gasteiger partial charge in [-0.15, -0.1) is 23.5 Å². The molecule has 6 rings (SSSR count). The molecule has 7 nitrogen and oxygen atoms in total. The molecule has 0 radical (unpaired) electrons. The quantitative estimate of drug-likeness (QED) is 0.0724. The van der Waals surface area contributed by atoms with Crippen LogP contribution in [0.3, 0.4) is 0 Å². The van der Waals surface area contributed by atoms with Gasteiger partial charge < -0.3 is 14.8 Å². The van der Waals surface area contributed by atoms with E-state index in [9.17, 15) is 14.4 Å². The number of hydrogen-bond acceptors (Lipinski definition) is 8. The fourth-order valence-electron chi connectivity index (χ4n) is 6.14.